The molecule has 0 saturated heterocycles. The lowest BCUT2D eigenvalue weighted by Crippen LogP contribution is -2.47. The predicted octanol–water partition coefficient (Wildman–Crippen LogP) is 2.90. The predicted molar refractivity (Wildman–Crippen MR) is 82.7 cm³/mol. The van der Waals surface area contributed by atoms with E-state index < -0.39 is 0 Å². The van der Waals surface area contributed by atoms with Crippen molar-refractivity contribution in [3.05, 3.63) is 34.9 Å². The molecule has 0 aliphatic heterocycles. The zero-order chi connectivity index (χ0) is 14.8. The summed E-state index contributed by atoms with van der Waals surface area (Å²) >= 11 is 6.18. The van der Waals surface area contributed by atoms with E-state index in [0.29, 0.717) is 0 Å². The molecule has 1 aromatic carbocycles. The van der Waals surface area contributed by atoms with Crippen LogP contribution in [0.2, 0.25) is 5.02 Å². The third kappa shape index (κ3) is 3.97. The molecule has 2 rings (SSSR count). The molecule has 0 aromatic heterocycles. The fourth-order valence-electron chi connectivity index (χ4n) is 2.85. The molecule has 1 saturated carbocycles. The van der Waals surface area contributed by atoms with Crippen molar-refractivity contribution < 1.29 is 4.79 Å². The van der Waals surface area contributed by atoms with E-state index in [0.717, 1.165) is 36.3 Å². The van der Waals surface area contributed by atoms with Gasteiger partial charge in [-0.2, -0.15) is 0 Å². The fourth-order valence-corrected chi connectivity index (χ4v) is 3.05. The molecule has 1 aliphatic rings. The zero-order valence-electron chi connectivity index (χ0n) is 12.2. The standard InChI is InChI=1S/C16H23ClN2O/c1-16(2,10-12-5-3-4-6-14(12)17)19-15(20)11-7-8-13(18)9-11/h3-6,11,13H,7-10,18H2,1-2H3,(H,19,20). The van der Waals surface area contributed by atoms with Gasteiger partial charge in [0.2, 0.25) is 5.91 Å². The van der Waals surface area contributed by atoms with Crippen LogP contribution in [-0.4, -0.2) is 17.5 Å². The van der Waals surface area contributed by atoms with Crippen LogP contribution in [-0.2, 0) is 11.2 Å². The molecule has 0 heterocycles. The van der Waals surface area contributed by atoms with Crippen molar-refractivity contribution in [1.82, 2.24) is 5.32 Å². The SMILES string of the molecule is CC(C)(Cc1ccccc1Cl)NC(=O)C1CCC(N)C1. The van der Waals surface area contributed by atoms with Crippen LogP contribution in [0.25, 0.3) is 0 Å². The van der Waals surface area contributed by atoms with Gasteiger partial charge in [0.15, 0.2) is 0 Å². The van der Waals surface area contributed by atoms with Crippen molar-refractivity contribution in [2.45, 2.75) is 51.1 Å². The molecular weight excluding hydrogens is 272 g/mol. The van der Waals surface area contributed by atoms with Crippen molar-refractivity contribution in [1.29, 1.82) is 0 Å². The van der Waals surface area contributed by atoms with Gasteiger partial charge in [-0.3, -0.25) is 4.79 Å². The molecule has 1 aromatic rings. The highest BCUT2D eigenvalue weighted by Crippen LogP contribution is 2.26. The first-order valence-corrected chi connectivity index (χ1v) is 7.56. The van der Waals surface area contributed by atoms with Crippen molar-refractivity contribution >= 4 is 17.5 Å². The van der Waals surface area contributed by atoms with Crippen molar-refractivity contribution in [2.24, 2.45) is 11.7 Å². The topological polar surface area (TPSA) is 55.1 Å². The minimum absolute atomic E-state index is 0.0653. The number of nitrogens with one attached hydrogen (secondary N) is 1. The van der Waals surface area contributed by atoms with Crippen molar-refractivity contribution in [3.63, 3.8) is 0 Å². The Labute approximate surface area is 125 Å². The summed E-state index contributed by atoms with van der Waals surface area (Å²) in [6.07, 6.45) is 3.36. The average Bonchev–Trinajstić information content (AvgIpc) is 2.78. The number of hydrogen-bond donors (Lipinski definition) is 2. The molecule has 0 spiro atoms. The summed E-state index contributed by atoms with van der Waals surface area (Å²) in [6, 6.07) is 7.94. The normalized spacial score (nSPS) is 22.8. The first kappa shape index (κ1) is 15.3. The van der Waals surface area contributed by atoms with E-state index in [9.17, 15) is 4.79 Å². The van der Waals surface area contributed by atoms with Gasteiger partial charge in [-0.15, -0.1) is 0 Å². The van der Waals surface area contributed by atoms with Gasteiger partial charge in [0.1, 0.15) is 0 Å². The lowest BCUT2D eigenvalue weighted by Gasteiger charge is -2.28. The zero-order valence-corrected chi connectivity index (χ0v) is 12.9. The molecule has 1 aliphatic carbocycles. The van der Waals surface area contributed by atoms with Gasteiger partial charge in [-0.05, 0) is 51.2 Å². The maximum absolute atomic E-state index is 12.3. The number of rotatable bonds is 4. The first-order valence-electron chi connectivity index (χ1n) is 7.18. The second-order valence-corrected chi connectivity index (χ2v) is 6.82. The number of carbonyl (C=O) groups excluding carboxylic acids is 1. The number of halogens is 1. The minimum atomic E-state index is -0.311. The lowest BCUT2D eigenvalue weighted by molar-refractivity contribution is -0.126. The van der Waals surface area contributed by atoms with Gasteiger partial charge in [-0.25, -0.2) is 0 Å². The summed E-state index contributed by atoms with van der Waals surface area (Å²) in [7, 11) is 0. The number of amides is 1. The lowest BCUT2D eigenvalue weighted by atomic mass is 9.93. The Hall–Kier alpha value is -1.06. The third-order valence-electron chi connectivity index (χ3n) is 3.90. The van der Waals surface area contributed by atoms with Crippen LogP contribution in [0.1, 0.15) is 38.7 Å². The monoisotopic (exact) mass is 294 g/mol. The molecule has 4 heteroatoms. The summed E-state index contributed by atoms with van der Waals surface area (Å²) in [5.74, 6) is 0.186. The number of carbonyl (C=O) groups is 1. The van der Waals surface area contributed by atoms with Crippen LogP contribution in [0.3, 0.4) is 0 Å². The average molecular weight is 295 g/mol. The molecule has 0 bridgehead atoms. The van der Waals surface area contributed by atoms with Crippen molar-refractivity contribution in [3.8, 4) is 0 Å². The first-order chi connectivity index (χ1) is 9.37. The van der Waals surface area contributed by atoms with Gasteiger partial charge < -0.3 is 11.1 Å². The molecule has 2 unspecified atom stereocenters. The van der Waals surface area contributed by atoms with E-state index in [-0.39, 0.29) is 23.4 Å². The maximum Gasteiger partial charge on any atom is 0.223 e. The fraction of sp³-hybridized carbons (Fsp3) is 0.562. The van der Waals surface area contributed by atoms with Gasteiger partial charge in [0.05, 0.1) is 0 Å². The van der Waals surface area contributed by atoms with Crippen molar-refractivity contribution in [2.75, 3.05) is 0 Å². The van der Waals surface area contributed by atoms with E-state index in [2.05, 4.69) is 5.32 Å². The smallest absolute Gasteiger partial charge is 0.223 e. The molecule has 1 fully saturated rings. The summed E-state index contributed by atoms with van der Waals surface area (Å²) < 4.78 is 0. The van der Waals surface area contributed by atoms with Crippen LogP contribution in [0.4, 0.5) is 0 Å². The number of hydrogen-bond acceptors (Lipinski definition) is 2. The van der Waals surface area contributed by atoms with Crippen LogP contribution in [0.5, 0.6) is 0 Å². The van der Waals surface area contributed by atoms with E-state index in [4.69, 9.17) is 17.3 Å². The van der Waals surface area contributed by atoms with E-state index >= 15 is 0 Å². The summed E-state index contributed by atoms with van der Waals surface area (Å²) in [5.41, 5.74) is 6.62. The molecule has 110 valence electrons. The van der Waals surface area contributed by atoms with E-state index in [1.165, 1.54) is 0 Å². The second-order valence-electron chi connectivity index (χ2n) is 6.41. The van der Waals surface area contributed by atoms with Crippen LogP contribution in [0, 0.1) is 5.92 Å². The van der Waals surface area contributed by atoms with Gasteiger partial charge in [0, 0.05) is 22.5 Å². The number of nitrogens with two attached hydrogens (primary N) is 1. The maximum atomic E-state index is 12.3. The number of benzene rings is 1. The Kier molecular flexibility index (Phi) is 4.71. The largest absolute Gasteiger partial charge is 0.351 e. The molecule has 20 heavy (non-hydrogen) atoms. The second kappa shape index (κ2) is 6.15. The van der Waals surface area contributed by atoms with Gasteiger partial charge >= 0.3 is 0 Å². The summed E-state index contributed by atoms with van der Waals surface area (Å²) in [6.45, 7) is 4.06. The van der Waals surface area contributed by atoms with Gasteiger partial charge in [-0.1, -0.05) is 29.8 Å². The molecule has 2 atom stereocenters. The highest BCUT2D eigenvalue weighted by atomic mass is 35.5. The minimum Gasteiger partial charge on any atom is -0.351 e. The van der Waals surface area contributed by atoms with Gasteiger partial charge in [0.25, 0.3) is 0 Å². The summed E-state index contributed by atoms with van der Waals surface area (Å²) in [5, 5.41) is 3.89. The van der Waals surface area contributed by atoms with E-state index in [1.807, 2.05) is 38.1 Å². The van der Waals surface area contributed by atoms with Crippen LogP contribution < -0.4 is 11.1 Å². The quantitative estimate of drug-likeness (QED) is 0.897. The Balaban J connectivity index is 1.97. The van der Waals surface area contributed by atoms with Crippen LogP contribution >= 0.6 is 11.6 Å². The molecule has 1 amide bonds. The Bertz CT molecular complexity index is 487. The molecule has 0 radical (unpaired) electrons. The summed E-state index contributed by atoms with van der Waals surface area (Å²) in [4.78, 5) is 12.3. The Morgan fingerprint density at radius 3 is 2.70 bits per heavy atom. The Morgan fingerprint density at radius 1 is 1.40 bits per heavy atom. The Morgan fingerprint density at radius 2 is 2.10 bits per heavy atom. The highest BCUT2D eigenvalue weighted by Gasteiger charge is 2.31. The third-order valence-corrected chi connectivity index (χ3v) is 4.26. The highest BCUT2D eigenvalue weighted by molar-refractivity contribution is 6.31. The molecule has 3 nitrogen and oxygen atoms in total. The molecule has 3 N–H and O–H groups in total. The van der Waals surface area contributed by atoms with Crippen LogP contribution in [0.15, 0.2) is 24.3 Å². The molecular formula is C16H23ClN2O. The van der Waals surface area contributed by atoms with E-state index in [1.54, 1.807) is 0 Å².